The van der Waals surface area contributed by atoms with Crippen LogP contribution in [0.5, 0.6) is 0 Å². The van der Waals surface area contributed by atoms with Gasteiger partial charge in [0.25, 0.3) is 0 Å². The summed E-state index contributed by atoms with van der Waals surface area (Å²) in [5.74, 6) is -0.0940. The van der Waals surface area contributed by atoms with Gasteiger partial charge in [-0.25, -0.2) is 14.2 Å². The van der Waals surface area contributed by atoms with Gasteiger partial charge in [0.15, 0.2) is 5.69 Å². The van der Waals surface area contributed by atoms with E-state index in [-0.39, 0.29) is 25.3 Å². The van der Waals surface area contributed by atoms with E-state index in [0.29, 0.717) is 11.4 Å². The lowest BCUT2D eigenvalue weighted by atomic mass is 9.73. The van der Waals surface area contributed by atoms with Gasteiger partial charge in [-0.2, -0.15) is 13.2 Å². The molecule has 0 aliphatic carbocycles. The van der Waals surface area contributed by atoms with Crippen molar-refractivity contribution in [3.8, 4) is 0 Å². The first-order valence-electron chi connectivity index (χ1n) is 10.5. The summed E-state index contributed by atoms with van der Waals surface area (Å²) >= 11 is 0. The molecule has 0 spiro atoms. The number of fused-ring (bicyclic) bond motifs is 1. The normalized spacial score (nSPS) is 17.6. The summed E-state index contributed by atoms with van der Waals surface area (Å²) in [7, 11) is 0. The number of carbonyl (C=O) groups is 1. The van der Waals surface area contributed by atoms with Crippen molar-refractivity contribution in [1.82, 2.24) is 19.6 Å². The number of aromatic nitrogens is 2. The molecule has 158 valence electrons. The number of likely N-dealkylation sites (tertiary alicyclic amines) is 1. The van der Waals surface area contributed by atoms with E-state index >= 15 is 0 Å². The number of carbonyl (C=O) groups excluding carboxylic acids is 1. The summed E-state index contributed by atoms with van der Waals surface area (Å²) in [4.78, 5) is 17.1. The van der Waals surface area contributed by atoms with Gasteiger partial charge in [-0.1, -0.05) is 18.2 Å². The van der Waals surface area contributed by atoms with Crippen LogP contribution in [0.25, 0.3) is 5.65 Å². The van der Waals surface area contributed by atoms with E-state index in [1.807, 2.05) is 5.32 Å². The molecule has 0 bridgehead atoms. The van der Waals surface area contributed by atoms with Crippen LogP contribution in [0.1, 0.15) is 15.4 Å². The molecule has 2 amide bonds. The highest BCUT2D eigenvalue weighted by Gasteiger charge is 2.46. The molecule has 1 aliphatic rings. The molecule has 1 fully saturated rings. The Kier molecular flexibility index (Phi) is 3.95. The van der Waals surface area contributed by atoms with E-state index in [9.17, 15) is 22.4 Å². The SMILES string of the molecule is [2H]C([2H])([2H])NC(=O)N1CC(CNc2cccc3nc(C(F)(F)F)cn23)(c2ccc(F)cc2)C1. The molecule has 3 aromatic rings. The first-order chi connectivity index (χ1) is 15.4. The summed E-state index contributed by atoms with van der Waals surface area (Å²) in [6, 6.07) is 9.50. The van der Waals surface area contributed by atoms with Crippen LogP contribution < -0.4 is 10.6 Å². The molecular formula is C20H19F4N5O. The van der Waals surface area contributed by atoms with Gasteiger partial charge in [-0.3, -0.25) is 4.40 Å². The fourth-order valence-corrected chi connectivity index (χ4v) is 3.66. The number of anilines is 1. The van der Waals surface area contributed by atoms with E-state index in [1.165, 1.54) is 27.5 Å². The van der Waals surface area contributed by atoms with Gasteiger partial charge in [-0.15, -0.1) is 0 Å². The topological polar surface area (TPSA) is 61.7 Å². The maximum atomic E-state index is 13.5. The van der Waals surface area contributed by atoms with E-state index in [4.69, 9.17) is 4.11 Å². The fourth-order valence-electron chi connectivity index (χ4n) is 3.66. The van der Waals surface area contributed by atoms with E-state index < -0.39 is 36.1 Å². The van der Waals surface area contributed by atoms with Crippen molar-refractivity contribution in [3.05, 3.63) is 65.7 Å². The summed E-state index contributed by atoms with van der Waals surface area (Å²) in [5, 5.41) is 5.03. The third-order valence-electron chi connectivity index (χ3n) is 5.23. The summed E-state index contributed by atoms with van der Waals surface area (Å²) < 4.78 is 75.5. The van der Waals surface area contributed by atoms with Crippen molar-refractivity contribution in [2.75, 3.05) is 31.9 Å². The molecule has 2 N–H and O–H groups in total. The minimum Gasteiger partial charge on any atom is -0.370 e. The number of nitrogens with one attached hydrogen (secondary N) is 2. The highest BCUT2D eigenvalue weighted by atomic mass is 19.4. The van der Waals surface area contributed by atoms with Crippen LogP contribution in [0.3, 0.4) is 0 Å². The van der Waals surface area contributed by atoms with Crippen molar-refractivity contribution >= 4 is 17.5 Å². The standard InChI is InChI=1S/C20H19F4N5O/c1-25-18(30)28-11-19(12-28,13-5-7-14(21)8-6-13)10-26-16-3-2-4-17-27-15(9-29(16)17)20(22,23)24/h2-9,26H,10-12H2,1H3,(H,25,30)/i1D3. The lowest BCUT2D eigenvalue weighted by Crippen LogP contribution is -2.65. The Balaban J connectivity index is 1.58. The molecule has 30 heavy (non-hydrogen) atoms. The fraction of sp³-hybridized carbons (Fsp3) is 0.300. The smallest absolute Gasteiger partial charge is 0.370 e. The summed E-state index contributed by atoms with van der Waals surface area (Å²) in [6.07, 6.45) is -3.71. The highest BCUT2D eigenvalue weighted by molar-refractivity contribution is 5.75. The van der Waals surface area contributed by atoms with Crippen molar-refractivity contribution in [2.24, 2.45) is 0 Å². The van der Waals surface area contributed by atoms with Crippen LogP contribution in [0, 0.1) is 5.82 Å². The number of alkyl halides is 3. The quantitative estimate of drug-likeness (QED) is 0.631. The molecule has 1 aliphatic heterocycles. The average molecular weight is 424 g/mol. The molecule has 10 heteroatoms. The van der Waals surface area contributed by atoms with E-state index in [2.05, 4.69) is 10.3 Å². The predicted octanol–water partition coefficient (Wildman–Crippen LogP) is 3.50. The molecule has 0 radical (unpaired) electrons. The van der Waals surface area contributed by atoms with Crippen LogP contribution in [0.15, 0.2) is 48.7 Å². The molecule has 1 aromatic carbocycles. The molecule has 3 heterocycles. The Morgan fingerprint density at radius 2 is 1.97 bits per heavy atom. The Morgan fingerprint density at radius 3 is 2.63 bits per heavy atom. The lowest BCUT2D eigenvalue weighted by molar-refractivity contribution is -0.140. The number of halogens is 4. The Hall–Kier alpha value is -3.30. The number of nitrogens with zero attached hydrogens (tertiary/aromatic N) is 3. The highest BCUT2D eigenvalue weighted by Crippen LogP contribution is 2.35. The van der Waals surface area contributed by atoms with Crippen molar-refractivity contribution in [2.45, 2.75) is 11.6 Å². The second kappa shape index (κ2) is 7.19. The number of rotatable bonds is 4. The summed E-state index contributed by atoms with van der Waals surface area (Å²) in [6.45, 7) is -2.20. The third kappa shape index (κ3) is 3.53. The van der Waals surface area contributed by atoms with E-state index in [1.54, 1.807) is 24.3 Å². The lowest BCUT2D eigenvalue weighted by Gasteiger charge is -2.50. The molecule has 6 nitrogen and oxygen atoms in total. The zero-order valence-corrected chi connectivity index (χ0v) is 15.5. The molecule has 0 atom stereocenters. The van der Waals surface area contributed by atoms with Crippen LogP contribution in [0.4, 0.5) is 28.2 Å². The Morgan fingerprint density at radius 1 is 1.23 bits per heavy atom. The summed E-state index contributed by atoms with van der Waals surface area (Å²) in [5.41, 5.74) is -0.935. The maximum Gasteiger partial charge on any atom is 0.434 e. The molecule has 1 saturated heterocycles. The number of hydrogen-bond acceptors (Lipinski definition) is 3. The number of amides is 2. The maximum absolute atomic E-state index is 13.5. The molecule has 0 unspecified atom stereocenters. The van der Waals surface area contributed by atoms with Crippen molar-refractivity contribution in [1.29, 1.82) is 0 Å². The van der Waals surface area contributed by atoms with Gasteiger partial charge in [0, 0.05) is 42.3 Å². The number of benzene rings is 1. The van der Waals surface area contributed by atoms with Gasteiger partial charge in [0.05, 0.1) is 0 Å². The zero-order valence-electron chi connectivity index (χ0n) is 18.5. The second-order valence-corrected chi connectivity index (χ2v) is 7.19. The number of hydrogen-bond donors (Lipinski definition) is 2. The van der Waals surface area contributed by atoms with Crippen LogP contribution in [-0.2, 0) is 11.6 Å². The van der Waals surface area contributed by atoms with Gasteiger partial charge < -0.3 is 15.5 Å². The molecular weight excluding hydrogens is 402 g/mol. The van der Waals surface area contributed by atoms with Gasteiger partial charge in [0.1, 0.15) is 17.3 Å². The Bertz CT molecular complexity index is 1170. The zero-order chi connectivity index (χ0) is 24.0. The van der Waals surface area contributed by atoms with Crippen LogP contribution in [-0.4, -0.2) is 46.9 Å². The van der Waals surface area contributed by atoms with Gasteiger partial charge >= 0.3 is 12.2 Å². The largest absolute Gasteiger partial charge is 0.434 e. The molecule has 2 aromatic heterocycles. The van der Waals surface area contributed by atoms with Crippen molar-refractivity contribution in [3.63, 3.8) is 0 Å². The number of urea groups is 1. The first kappa shape index (κ1) is 16.5. The molecule has 4 rings (SSSR count). The Labute approximate surface area is 173 Å². The number of pyridine rings is 1. The molecule has 0 saturated carbocycles. The van der Waals surface area contributed by atoms with Crippen molar-refractivity contribution < 1.29 is 26.5 Å². The second-order valence-electron chi connectivity index (χ2n) is 7.19. The van der Waals surface area contributed by atoms with Crippen LogP contribution >= 0.6 is 0 Å². The number of imidazole rings is 1. The van der Waals surface area contributed by atoms with Crippen LogP contribution in [0.2, 0.25) is 0 Å². The third-order valence-corrected chi connectivity index (χ3v) is 5.23. The monoisotopic (exact) mass is 424 g/mol. The minimum atomic E-state index is -4.59. The first-order valence-corrected chi connectivity index (χ1v) is 8.99. The van der Waals surface area contributed by atoms with E-state index in [0.717, 1.165) is 6.20 Å². The van der Waals surface area contributed by atoms with Gasteiger partial charge in [0.2, 0.25) is 0 Å². The predicted molar refractivity (Wildman–Crippen MR) is 103 cm³/mol. The minimum absolute atomic E-state index is 0.107. The average Bonchev–Trinajstić information content (AvgIpc) is 3.12. The van der Waals surface area contributed by atoms with Gasteiger partial charge in [-0.05, 0) is 29.8 Å².